The molecule has 0 spiro atoms. The van der Waals surface area contributed by atoms with Crippen LogP contribution in [0, 0.1) is 10.1 Å². The van der Waals surface area contributed by atoms with Crippen molar-refractivity contribution in [3.05, 3.63) is 27.8 Å². The van der Waals surface area contributed by atoms with Crippen LogP contribution >= 0.6 is 0 Å². The molecule has 1 heterocycles. The Labute approximate surface area is 103 Å². The molecule has 98 valence electrons. The number of hydrogen-bond acceptors (Lipinski definition) is 6. The number of hydrogen-bond donors (Lipinski definition) is 2. The zero-order valence-corrected chi connectivity index (χ0v) is 9.88. The van der Waals surface area contributed by atoms with Gasteiger partial charge in [0.15, 0.2) is 11.5 Å². The van der Waals surface area contributed by atoms with Crippen LogP contribution in [-0.2, 0) is 4.74 Å². The first kappa shape index (κ1) is 12.6. The van der Waals surface area contributed by atoms with Crippen molar-refractivity contribution in [3.63, 3.8) is 0 Å². The van der Waals surface area contributed by atoms with Gasteiger partial charge >= 0.3 is 0 Å². The van der Waals surface area contributed by atoms with Crippen LogP contribution in [0.5, 0.6) is 11.5 Å². The van der Waals surface area contributed by atoms with E-state index in [9.17, 15) is 15.2 Å². The number of nitrogens with zero attached hydrogens (tertiary/aromatic N) is 1. The predicted molar refractivity (Wildman–Crippen MR) is 62.9 cm³/mol. The van der Waals surface area contributed by atoms with E-state index in [2.05, 4.69) is 5.32 Å². The van der Waals surface area contributed by atoms with E-state index in [-0.39, 0.29) is 23.2 Å². The number of nitrogens with one attached hydrogen (secondary N) is 1. The number of aromatic hydroxyl groups is 1. The number of phenolic OH excluding ortho intramolecular Hbond substituents is 1. The number of methoxy groups -OCH3 is 1. The summed E-state index contributed by atoms with van der Waals surface area (Å²) in [6, 6.07) is 2.26. The zero-order valence-electron chi connectivity index (χ0n) is 9.88. The Bertz CT molecular complexity index is 457. The standard InChI is InChI=1S/C11H14N2O5/c1-17-10-5-7(13(15)16)4-8(11(10)14)9-6-18-3-2-12-9/h4-5,9,12,14H,2-3,6H2,1H3/t9-/m1/s1. The van der Waals surface area contributed by atoms with Gasteiger partial charge in [-0.1, -0.05) is 0 Å². The van der Waals surface area contributed by atoms with Crippen LogP contribution in [0.25, 0.3) is 0 Å². The summed E-state index contributed by atoms with van der Waals surface area (Å²) >= 11 is 0. The highest BCUT2D eigenvalue weighted by Crippen LogP contribution is 2.38. The van der Waals surface area contributed by atoms with Gasteiger partial charge in [-0.25, -0.2) is 0 Å². The molecule has 1 fully saturated rings. The smallest absolute Gasteiger partial charge is 0.273 e. The fraction of sp³-hybridized carbons (Fsp3) is 0.455. The maximum atomic E-state index is 10.8. The van der Waals surface area contributed by atoms with Gasteiger partial charge in [0.2, 0.25) is 0 Å². The second-order valence-corrected chi connectivity index (χ2v) is 3.92. The van der Waals surface area contributed by atoms with Crippen LogP contribution in [0.2, 0.25) is 0 Å². The molecule has 1 saturated heterocycles. The summed E-state index contributed by atoms with van der Waals surface area (Å²) in [5.74, 6) is -0.00215. The summed E-state index contributed by atoms with van der Waals surface area (Å²) in [7, 11) is 1.35. The fourth-order valence-corrected chi connectivity index (χ4v) is 1.91. The first-order valence-corrected chi connectivity index (χ1v) is 5.50. The number of phenols is 1. The summed E-state index contributed by atoms with van der Waals surface area (Å²) in [6.45, 7) is 1.58. The molecule has 0 aliphatic carbocycles. The normalized spacial score (nSPS) is 19.5. The van der Waals surface area contributed by atoms with E-state index in [1.54, 1.807) is 0 Å². The van der Waals surface area contributed by atoms with Crippen molar-refractivity contribution in [2.75, 3.05) is 26.9 Å². The SMILES string of the molecule is COc1cc([N+](=O)[O-])cc([C@H]2COCCN2)c1O. The van der Waals surface area contributed by atoms with Gasteiger partial charge in [-0.3, -0.25) is 10.1 Å². The first-order chi connectivity index (χ1) is 8.63. The van der Waals surface area contributed by atoms with Crippen LogP contribution in [-0.4, -0.2) is 36.9 Å². The van der Waals surface area contributed by atoms with Crippen LogP contribution in [0.4, 0.5) is 5.69 Å². The molecule has 2 N–H and O–H groups in total. The molecular formula is C11H14N2O5. The van der Waals surface area contributed by atoms with E-state index in [0.29, 0.717) is 25.3 Å². The molecule has 7 nitrogen and oxygen atoms in total. The third-order valence-electron chi connectivity index (χ3n) is 2.82. The number of benzene rings is 1. The quantitative estimate of drug-likeness (QED) is 0.616. The molecule has 1 atom stereocenters. The molecule has 1 aliphatic heterocycles. The van der Waals surface area contributed by atoms with Crippen molar-refractivity contribution in [1.29, 1.82) is 0 Å². The fourth-order valence-electron chi connectivity index (χ4n) is 1.91. The number of non-ortho nitro benzene ring substituents is 1. The number of morpholine rings is 1. The second-order valence-electron chi connectivity index (χ2n) is 3.92. The average Bonchev–Trinajstić information content (AvgIpc) is 2.39. The molecular weight excluding hydrogens is 240 g/mol. The molecule has 0 unspecified atom stereocenters. The van der Waals surface area contributed by atoms with Gasteiger partial charge in [0.1, 0.15) is 0 Å². The topological polar surface area (TPSA) is 93.9 Å². The number of ether oxygens (including phenoxy) is 2. The van der Waals surface area contributed by atoms with Crippen molar-refractivity contribution in [2.45, 2.75) is 6.04 Å². The maximum Gasteiger partial charge on any atom is 0.273 e. The van der Waals surface area contributed by atoms with Gasteiger partial charge in [-0.15, -0.1) is 0 Å². The van der Waals surface area contributed by atoms with E-state index in [0.717, 1.165) is 0 Å². The third kappa shape index (κ3) is 2.36. The molecule has 7 heteroatoms. The molecule has 18 heavy (non-hydrogen) atoms. The van der Waals surface area contributed by atoms with E-state index >= 15 is 0 Å². The predicted octanol–water partition coefficient (Wildman–Crippen LogP) is 0.970. The Morgan fingerprint density at radius 1 is 1.61 bits per heavy atom. The van der Waals surface area contributed by atoms with Crippen molar-refractivity contribution in [2.24, 2.45) is 0 Å². The molecule has 1 aromatic carbocycles. The van der Waals surface area contributed by atoms with Crippen LogP contribution in [0.3, 0.4) is 0 Å². The molecule has 1 aromatic rings. The second kappa shape index (κ2) is 5.19. The van der Waals surface area contributed by atoms with E-state index in [1.807, 2.05) is 0 Å². The summed E-state index contributed by atoms with van der Waals surface area (Å²) in [6.07, 6.45) is 0. The van der Waals surface area contributed by atoms with Gasteiger partial charge in [-0.2, -0.15) is 0 Å². The minimum absolute atomic E-state index is 0.0894. The lowest BCUT2D eigenvalue weighted by Gasteiger charge is -2.25. The van der Waals surface area contributed by atoms with E-state index in [1.165, 1.54) is 19.2 Å². The molecule has 0 saturated carbocycles. The molecule has 0 bridgehead atoms. The lowest BCUT2D eigenvalue weighted by Crippen LogP contribution is -2.34. The molecule has 0 radical (unpaired) electrons. The van der Waals surface area contributed by atoms with Gasteiger partial charge in [0.25, 0.3) is 5.69 Å². The number of rotatable bonds is 3. The molecule has 0 amide bonds. The Morgan fingerprint density at radius 2 is 2.39 bits per heavy atom. The van der Waals surface area contributed by atoms with Crippen molar-refractivity contribution >= 4 is 5.69 Å². The van der Waals surface area contributed by atoms with Crippen LogP contribution in [0.1, 0.15) is 11.6 Å². The van der Waals surface area contributed by atoms with Gasteiger partial charge < -0.3 is 19.9 Å². The Kier molecular flexibility index (Phi) is 3.63. The summed E-state index contributed by atoms with van der Waals surface area (Å²) < 4.78 is 10.2. The lowest BCUT2D eigenvalue weighted by atomic mass is 10.0. The third-order valence-corrected chi connectivity index (χ3v) is 2.82. The van der Waals surface area contributed by atoms with E-state index < -0.39 is 4.92 Å². The highest BCUT2D eigenvalue weighted by Gasteiger charge is 2.24. The highest BCUT2D eigenvalue weighted by atomic mass is 16.6. The molecule has 1 aliphatic rings. The van der Waals surface area contributed by atoms with Gasteiger partial charge in [-0.05, 0) is 0 Å². The van der Waals surface area contributed by atoms with Crippen molar-refractivity contribution in [1.82, 2.24) is 5.32 Å². The zero-order chi connectivity index (χ0) is 13.1. The Morgan fingerprint density at radius 3 is 2.94 bits per heavy atom. The minimum atomic E-state index is -0.519. The van der Waals surface area contributed by atoms with Gasteiger partial charge in [0.05, 0.1) is 37.4 Å². The lowest BCUT2D eigenvalue weighted by molar-refractivity contribution is -0.385. The number of nitro groups is 1. The monoisotopic (exact) mass is 254 g/mol. The number of nitro benzene ring substituents is 1. The van der Waals surface area contributed by atoms with Crippen LogP contribution in [0.15, 0.2) is 12.1 Å². The maximum absolute atomic E-state index is 10.8. The summed E-state index contributed by atoms with van der Waals surface area (Å²) in [5, 5.41) is 24.0. The van der Waals surface area contributed by atoms with Crippen molar-refractivity contribution < 1.29 is 19.5 Å². The molecule has 0 aromatic heterocycles. The summed E-state index contributed by atoms with van der Waals surface area (Å²) in [5.41, 5.74) is 0.299. The van der Waals surface area contributed by atoms with Crippen molar-refractivity contribution in [3.8, 4) is 11.5 Å². The van der Waals surface area contributed by atoms with Gasteiger partial charge in [0, 0.05) is 18.2 Å². The Hall–Kier alpha value is -1.86. The molecule has 2 rings (SSSR count). The van der Waals surface area contributed by atoms with E-state index in [4.69, 9.17) is 9.47 Å². The average molecular weight is 254 g/mol. The highest BCUT2D eigenvalue weighted by molar-refractivity contribution is 5.54. The minimum Gasteiger partial charge on any atom is -0.504 e. The summed E-state index contributed by atoms with van der Waals surface area (Å²) in [4.78, 5) is 10.3. The first-order valence-electron chi connectivity index (χ1n) is 5.50. The largest absolute Gasteiger partial charge is 0.504 e. The van der Waals surface area contributed by atoms with Crippen LogP contribution < -0.4 is 10.1 Å². The Balaban J connectivity index is 2.43.